The molecule has 2 unspecified atom stereocenters. The van der Waals surface area contributed by atoms with Gasteiger partial charge in [-0.1, -0.05) is 71.1 Å². The molecule has 4 heteroatoms. The minimum atomic E-state index is -0.569. The van der Waals surface area contributed by atoms with E-state index in [0.29, 0.717) is 12.8 Å². The summed E-state index contributed by atoms with van der Waals surface area (Å²) in [6, 6.07) is 0. The number of esters is 1. The lowest BCUT2D eigenvalue weighted by atomic mass is 10.00. The fourth-order valence-electron chi connectivity index (χ4n) is 2.77. The SMILES string of the molecule is CCCCCCCC(O)C(O)CCCCCCCCC(=O)OC. The number of ether oxygens (including phenoxy) is 1. The average Bonchev–Trinajstić information content (AvgIpc) is 2.56. The molecule has 0 aromatic heterocycles. The molecular weight excluding hydrogens is 292 g/mol. The molecule has 0 aromatic rings. The van der Waals surface area contributed by atoms with Gasteiger partial charge in [0.15, 0.2) is 0 Å². The van der Waals surface area contributed by atoms with Crippen LogP contribution in [0, 0.1) is 0 Å². The summed E-state index contributed by atoms with van der Waals surface area (Å²) < 4.78 is 4.60. The van der Waals surface area contributed by atoms with Gasteiger partial charge in [0, 0.05) is 6.42 Å². The third kappa shape index (κ3) is 14.7. The highest BCUT2D eigenvalue weighted by Gasteiger charge is 2.15. The van der Waals surface area contributed by atoms with E-state index in [4.69, 9.17) is 0 Å². The molecule has 0 aliphatic rings. The van der Waals surface area contributed by atoms with E-state index in [1.807, 2.05) is 0 Å². The number of rotatable bonds is 16. The van der Waals surface area contributed by atoms with E-state index in [9.17, 15) is 15.0 Å². The molecule has 0 saturated carbocycles. The number of carbonyl (C=O) groups excluding carboxylic acids is 1. The molecule has 0 aromatic carbocycles. The Balaban J connectivity index is 3.37. The second kappa shape index (κ2) is 16.3. The van der Waals surface area contributed by atoms with E-state index in [1.54, 1.807) is 0 Å². The van der Waals surface area contributed by atoms with Crippen LogP contribution in [-0.2, 0) is 9.53 Å². The summed E-state index contributed by atoms with van der Waals surface area (Å²) in [6.07, 6.45) is 12.9. The van der Waals surface area contributed by atoms with Crippen molar-refractivity contribution in [2.45, 2.75) is 109 Å². The Bertz CT molecular complexity index is 268. The van der Waals surface area contributed by atoms with E-state index in [2.05, 4.69) is 11.7 Å². The van der Waals surface area contributed by atoms with Crippen molar-refractivity contribution in [3.63, 3.8) is 0 Å². The van der Waals surface area contributed by atoms with Crippen LogP contribution in [0.25, 0.3) is 0 Å². The van der Waals surface area contributed by atoms with Gasteiger partial charge in [0.2, 0.25) is 0 Å². The summed E-state index contributed by atoms with van der Waals surface area (Å²) in [6.45, 7) is 2.19. The molecule has 0 rings (SSSR count). The van der Waals surface area contributed by atoms with Crippen LogP contribution in [0.1, 0.15) is 96.8 Å². The molecule has 23 heavy (non-hydrogen) atoms. The number of hydrogen-bond acceptors (Lipinski definition) is 4. The van der Waals surface area contributed by atoms with E-state index in [-0.39, 0.29) is 5.97 Å². The predicted molar refractivity (Wildman–Crippen MR) is 94.3 cm³/mol. The van der Waals surface area contributed by atoms with Gasteiger partial charge < -0.3 is 14.9 Å². The summed E-state index contributed by atoms with van der Waals surface area (Å²) in [5.41, 5.74) is 0. The number of carbonyl (C=O) groups is 1. The molecule has 4 nitrogen and oxygen atoms in total. The van der Waals surface area contributed by atoms with Crippen molar-refractivity contribution in [3.05, 3.63) is 0 Å². The van der Waals surface area contributed by atoms with E-state index < -0.39 is 12.2 Å². The molecule has 0 amide bonds. The Morgan fingerprint density at radius 3 is 1.70 bits per heavy atom. The lowest BCUT2D eigenvalue weighted by Crippen LogP contribution is -2.25. The standard InChI is InChI=1S/C19H38O4/c1-3-4-5-8-11-14-17(20)18(21)15-12-9-6-7-10-13-16-19(22)23-2/h17-18,20-21H,3-16H2,1-2H3. The van der Waals surface area contributed by atoms with Crippen LogP contribution < -0.4 is 0 Å². The average molecular weight is 331 g/mol. The van der Waals surface area contributed by atoms with Crippen molar-refractivity contribution in [2.24, 2.45) is 0 Å². The maximum atomic E-state index is 10.9. The molecule has 0 saturated heterocycles. The number of aliphatic hydroxyl groups excluding tert-OH is 2. The summed E-state index contributed by atoms with van der Waals surface area (Å²) in [4.78, 5) is 10.9. The largest absolute Gasteiger partial charge is 0.469 e. The van der Waals surface area contributed by atoms with Crippen molar-refractivity contribution >= 4 is 5.97 Å². The van der Waals surface area contributed by atoms with E-state index >= 15 is 0 Å². The molecular formula is C19H38O4. The zero-order valence-electron chi connectivity index (χ0n) is 15.3. The van der Waals surface area contributed by atoms with Gasteiger partial charge in [0.1, 0.15) is 0 Å². The Hall–Kier alpha value is -0.610. The Morgan fingerprint density at radius 2 is 1.22 bits per heavy atom. The van der Waals surface area contributed by atoms with Crippen molar-refractivity contribution < 1.29 is 19.7 Å². The first-order chi connectivity index (χ1) is 11.1. The first kappa shape index (κ1) is 22.4. The number of aliphatic hydroxyl groups is 2. The van der Waals surface area contributed by atoms with Crippen LogP contribution >= 0.6 is 0 Å². The van der Waals surface area contributed by atoms with Gasteiger partial charge in [0.05, 0.1) is 19.3 Å². The first-order valence-corrected chi connectivity index (χ1v) is 9.54. The van der Waals surface area contributed by atoms with Gasteiger partial charge >= 0.3 is 5.97 Å². The number of hydrogen-bond donors (Lipinski definition) is 2. The maximum absolute atomic E-state index is 10.9. The quantitative estimate of drug-likeness (QED) is 0.326. The highest BCUT2D eigenvalue weighted by Crippen LogP contribution is 2.15. The summed E-state index contributed by atoms with van der Waals surface area (Å²) in [5, 5.41) is 19.9. The molecule has 0 heterocycles. The summed E-state index contributed by atoms with van der Waals surface area (Å²) >= 11 is 0. The van der Waals surface area contributed by atoms with E-state index in [1.165, 1.54) is 26.4 Å². The molecule has 0 aliphatic carbocycles. The Kier molecular flexibility index (Phi) is 15.8. The Labute approximate surface area is 142 Å². The monoisotopic (exact) mass is 330 g/mol. The Morgan fingerprint density at radius 1 is 0.783 bits per heavy atom. The van der Waals surface area contributed by atoms with Gasteiger partial charge in [-0.15, -0.1) is 0 Å². The van der Waals surface area contributed by atoms with Gasteiger partial charge in [-0.2, -0.15) is 0 Å². The van der Waals surface area contributed by atoms with Crippen LogP contribution in [0.3, 0.4) is 0 Å². The second-order valence-corrected chi connectivity index (χ2v) is 6.57. The molecule has 2 N–H and O–H groups in total. The molecule has 0 spiro atoms. The minimum Gasteiger partial charge on any atom is -0.469 e. The molecule has 0 radical (unpaired) electrons. The number of unbranched alkanes of at least 4 members (excludes halogenated alkanes) is 9. The highest BCUT2D eigenvalue weighted by molar-refractivity contribution is 5.68. The smallest absolute Gasteiger partial charge is 0.305 e. The zero-order chi connectivity index (χ0) is 17.3. The van der Waals surface area contributed by atoms with Crippen molar-refractivity contribution in [1.82, 2.24) is 0 Å². The number of methoxy groups -OCH3 is 1. The fourth-order valence-corrected chi connectivity index (χ4v) is 2.77. The van der Waals surface area contributed by atoms with Crippen molar-refractivity contribution in [3.8, 4) is 0 Å². The normalized spacial score (nSPS) is 13.7. The van der Waals surface area contributed by atoms with E-state index in [0.717, 1.165) is 57.8 Å². The minimum absolute atomic E-state index is 0.128. The molecule has 0 fully saturated rings. The van der Waals surface area contributed by atoms with Gasteiger partial charge in [-0.3, -0.25) is 4.79 Å². The van der Waals surface area contributed by atoms with Gasteiger partial charge in [-0.25, -0.2) is 0 Å². The lowest BCUT2D eigenvalue weighted by molar-refractivity contribution is -0.140. The topological polar surface area (TPSA) is 66.8 Å². The van der Waals surface area contributed by atoms with Crippen molar-refractivity contribution in [1.29, 1.82) is 0 Å². The molecule has 138 valence electrons. The fraction of sp³-hybridized carbons (Fsp3) is 0.947. The van der Waals surface area contributed by atoms with Crippen LogP contribution in [-0.4, -0.2) is 35.5 Å². The van der Waals surface area contributed by atoms with Gasteiger partial charge in [-0.05, 0) is 19.3 Å². The van der Waals surface area contributed by atoms with Crippen LogP contribution in [0.15, 0.2) is 0 Å². The maximum Gasteiger partial charge on any atom is 0.305 e. The lowest BCUT2D eigenvalue weighted by Gasteiger charge is -2.17. The van der Waals surface area contributed by atoms with Crippen LogP contribution in [0.4, 0.5) is 0 Å². The molecule has 2 atom stereocenters. The third-order valence-electron chi connectivity index (χ3n) is 4.41. The van der Waals surface area contributed by atoms with Gasteiger partial charge in [0.25, 0.3) is 0 Å². The molecule has 0 aliphatic heterocycles. The predicted octanol–water partition coefficient (Wildman–Crippen LogP) is 4.36. The van der Waals surface area contributed by atoms with Crippen LogP contribution in [0.5, 0.6) is 0 Å². The first-order valence-electron chi connectivity index (χ1n) is 9.54. The highest BCUT2D eigenvalue weighted by atomic mass is 16.5. The molecule has 0 bridgehead atoms. The second-order valence-electron chi connectivity index (χ2n) is 6.57. The third-order valence-corrected chi connectivity index (χ3v) is 4.41. The summed E-state index contributed by atoms with van der Waals surface area (Å²) in [5.74, 6) is -0.128. The van der Waals surface area contributed by atoms with Crippen LogP contribution in [0.2, 0.25) is 0 Å². The van der Waals surface area contributed by atoms with Crippen molar-refractivity contribution in [2.75, 3.05) is 7.11 Å². The summed E-state index contributed by atoms with van der Waals surface area (Å²) in [7, 11) is 1.42. The zero-order valence-corrected chi connectivity index (χ0v) is 15.3.